The number of nitrogens with zero attached hydrogens (tertiary/aromatic N) is 3. The molecule has 0 bridgehead atoms. The largest absolute Gasteiger partial charge is 0.370 e. The van der Waals surface area contributed by atoms with Gasteiger partial charge in [0.25, 0.3) is 0 Å². The molecule has 1 saturated heterocycles. The molecule has 23 heavy (non-hydrogen) atoms. The van der Waals surface area contributed by atoms with Gasteiger partial charge in [0, 0.05) is 37.9 Å². The first-order valence-electron chi connectivity index (χ1n) is 8.18. The van der Waals surface area contributed by atoms with Crippen LogP contribution < -0.4 is 11.1 Å². The van der Waals surface area contributed by atoms with Crippen molar-refractivity contribution < 1.29 is 0 Å². The number of nitrogens with one attached hydrogen (secondary N) is 1. The van der Waals surface area contributed by atoms with Gasteiger partial charge in [0.2, 0.25) is 0 Å². The highest BCUT2D eigenvalue weighted by Crippen LogP contribution is 2.09. The lowest BCUT2D eigenvalue weighted by Crippen LogP contribution is -2.50. The molecule has 0 saturated carbocycles. The van der Waals surface area contributed by atoms with E-state index in [0.29, 0.717) is 12.0 Å². The number of hydrogen-bond donors (Lipinski definition) is 2. The number of anilines is 1. The monoisotopic (exact) mass is 431 g/mol. The lowest BCUT2D eigenvalue weighted by Gasteiger charge is -2.37. The highest BCUT2D eigenvalue weighted by Gasteiger charge is 2.19. The Bertz CT molecular complexity index is 480. The molecule has 1 aromatic rings. The third-order valence-corrected chi connectivity index (χ3v) is 4.33. The predicted octanol–water partition coefficient (Wildman–Crippen LogP) is 2.37. The number of rotatable bonds is 5. The zero-order valence-corrected chi connectivity index (χ0v) is 16.8. The van der Waals surface area contributed by atoms with Gasteiger partial charge in [-0.1, -0.05) is 24.6 Å². The van der Waals surface area contributed by atoms with E-state index in [4.69, 9.17) is 5.73 Å². The Morgan fingerprint density at radius 2 is 1.83 bits per heavy atom. The maximum Gasteiger partial charge on any atom is 0.193 e. The maximum absolute atomic E-state index is 5.98. The molecule has 2 rings (SSSR count). The zero-order chi connectivity index (χ0) is 15.9. The number of likely N-dealkylation sites (N-methyl/N-ethyl adjacent to an activating group) is 1. The molecule has 5 nitrogen and oxygen atoms in total. The first-order chi connectivity index (χ1) is 10.6. The average Bonchev–Trinajstić information content (AvgIpc) is 2.55. The van der Waals surface area contributed by atoms with Crippen molar-refractivity contribution in [2.24, 2.45) is 10.7 Å². The van der Waals surface area contributed by atoms with E-state index in [9.17, 15) is 0 Å². The van der Waals surface area contributed by atoms with Crippen LogP contribution in [-0.4, -0.2) is 61.1 Å². The number of aliphatic imine (C=N–C) groups is 1. The minimum absolute atomic E-state index is 0. The normalized spacial score (nSPS) is 18.3. The van der Waals surface area contributed by atoms with E-state index >= 15 is 0 Å². The number of nitrogens with two attached hydrogens (primary N) is 1. The van der Waals surface area contributed by atoms with Gasteiger partial charge in [-0.2, -0.15) is 0 Å². The standard InChI is InChI=1S/C17H29N5.HI/c1-4-21-9-11-22(12-10-21)15(3)13-19-17(18)20-16-7-5-14(2)6-8-16;/h5-8,15H,4,9-13H2,1-3H3,(H3,18,19,20);1H. The molecule has 1 heterocycles. The summed E-state index contributed by atoms with van der Waals surface area (Å²) < 4.78 is 0. The molecular formula is C17H30IN5. The second kappa shape index (κ2) is 10.1. The SMILES string of the molecule is CCN1CCN(C(C)CN=C(N)Nc2ccc(C)cc2)CC1.I. The Balaban J connectivity index is 0.00000264. The number of halogens is 1. The number of aryl methyl sites for hydroxylation is 1. The third kappa shape index (κ3) is 6.64. The second-order valence-corrected chi connectivity index (χ2v) is 6.04. The van der Waals surface area contributed by atoms with Crippen LogP contribution in [0.5, 0.6) is 0 Å². The predicted molar refractivity (Wildman–Crippen MR) is 110 cm³/mol. The fourth-order valence-corrected chi connectivity index (χ4v) is 2.69. The van der Waals surface area contributed by atoms with Gasteiger partial charge in [-0.15, -0.1) is 24.0 Å². The molecule has 6 heteroatoms. The lowest BCUT2D eigenvalue weighted by molar-refractivity contribution is 0.109. The summed E-state index contributed by atoms with van der Waals surface area (Å²) in [5, 5.41) is 3.14. The maximum atomic E-state index is 5.98. The number of piperazine rings is 1. The molecule has 130 valence electrons. The molecule has 1 fully saturated rings. The second-order valence-electron chi connectivity index (χ2n) is 6.04. The van der Waals surface area contributed by atoms with E-state index in [2.05, 4.69) is 53.0 Å². The van der Waals surface area contributed by atoms with Crippen molar-refractivity contribution in [3.63, 3.8) is 0 Å². The molecule has 0 amide bonds. The molecule has 1 aliphatic heterocycles. The summed E-state index contributed by atoms with van der Waals surface area (Å²) in [5.41, 5.74) is 8.20. The van der Waals surface area contributed by atoms with Crippen LogP contribution in [0.2, 0.25) is 0 Å². The number of benzene rings is 1. The summed E-state index contributed by atoms with van der Waals surface area (Å²) in [5.74, 6) is 0.489. The smallest absolute Gasteiger partial charge is 0.193 e. The Hall–Kier alpha value is -0.860. The summed E-state index contributed by atoms with van der Waals surface area (Å²) in [7, 11) is 0. The van der Waals surface area contributed by atoms with Gasteiger partial charge in [0.05, 0.1) is 6.54 Å². The van der Waals surface area contributed by atoms with Crippen molar-refractivity contribution in [3.05, 3.63) is 29.8 Å². The van der Waals surface area contributed by atoms with Crippen molar-refractivity contribution in [2.75, 3.05) is 44.6 Å². The minimum Gasteiger partial charge on any atom is -0.370 e. The molecule has 1 aliphatic rings. The van der Waals surface area contributed by atoms with Gasteiger partial charge in [-0.3, -0.25) is 9.89 Å². The summed E-state index contributed by atoms with van der Waals surface area (Å²) in [4.78, 5) is 9.46. The van der Waals surface area contributed by atoms with Crippen LogP contribution in [-0.2, 0) is 0 Å². The number of guanidine groups is 1. The minimum atomic E-state index is 0. The summed E-state index contributed by atoms with van der Waals surface area (Å²) in [6.07, 6.45) is 0. The molecule has 0 aliphatic carbocycles. The molecule has 1 unspecified atom stereocenters. The molecule has 1 aromatic carbocycles. The van der Waals surface area contributed by atoms with E-state index in [1.165, 1.54) is 5.56 Å². The highest BCUT2D eigenvalue weighted by molar-refractivity contribution is 14.0. The first kappa shape index (κ1) is 20.2. The van der Waals surface area contributed by atoms with Crippen molar-refractivity contribution in [1.82, 2.24) is 9.80 Å². The fourth-order valence-electron chi connectivity index (χ4n) is 2.69. The molecule has 0 aromatic heterocycles. The van der Waals surface area contributed by atoms with Gasteiger partial charge in [-0.05, 0) is 32.5 Å². The Kier molecular flexibility index (Phi) is 8.86. The van der Waals surface area contributed by atoms with E-state index in [0.717, 1.165) is 45.0 Å². The van der Waals surface area contributed by atoms with Gasteiger partial charge >= 0.3 is 0 Å². The van der Waals surface area contributed by atoms with E-state index in [1.807, 2.05) is 12.1 Å². The Morgan fingerprint density at radius 3 is 2.39 bits per heavy atom. The summed E-state index contributed by atoms with van der Waals surface area (Å²) >= 11 is 0. The lowest BCUT2D eigenvalue weighted by atomic mass is 10.2. The molecule has 0 radical (unpaired) electrons. The van der Waals surface area contributed by atoms with Crippen LogP contribution in [0.4, 0.5) is 5.69 Å². The fraction of sp³-hybridized carbons (Fsp3) is 0.588. The summed E-state index contributed by atoms with van der Waals surface area (Å²) in [6, 6.07) is 8.59. The zero-order valence-electron chi connectivity index (χ0n) is 14.5. The number of hydrogen-bond acceptors (Lipinski definition) is 3. The van der Waals surface area contributed by atoms with Crippen molar-refractivity contribution >= 4 is 35.6 Å². The van der Waals surface area contributed by atoms with E-state index < -0.39 is 0 Å². The van der Waals surface area contributed by atoms with Gasteiger partial charge in [-0.25, -0.2) is 0 Å². The molecule has 3 N–H and O–H groups in total. The van der Waals surface area contributed by atoms with Gasteiger partial charge in [0.15, 0.2) is 5.96 Å². The van der Waals surface area contributed by atoms with E-state index in [1.54, 1.807) is 0 Å². The summed E-state index contributed by atoms with van der Waals surface area (Å²) in [6.45, 7) is 13.0. The molecule has 0 spiro atoms. The van der Waals surface area contributed by atoms with Crippen molar-refractivity contribution in [1.29, 1.82) is 0 Å². The first-order valence-corrected chi connectivity index (χ1v) is 8.18. The van der Waals surface area contributed by atoms with Crippen LogP contribution in [0.15, 0.2) is 29.3 Å². The van der Waals surface area contributed by atoms with Crippen molar-refractivity contribution in [3.8, 4) is 0 Å². The Labute approximate surface area is 157 Å². The van der Waals surface area contributed by atoms with Gasteiger partial charge in [0.1, 0.15) is 0 Å². The van der Waals surface area contributed by atoms with Crippen LogP contribution in [0.25, 0.3) is 0 Å². The van der Waals surface area contributed by atoms with Crippen LogP contribution in [0.3, 0.4) is 0 Å². The van der Waals surface area contributed by atoms with Crippen LogP contribution >= 0.6 is 24.0 Å². The quantitative estimate of drug-likeness (QED) is 0.427. The third-order valence-electron chi connectivity index (χ3n) is 4.33. The molecular weight excluding hydrogens is 401 g/mol. The van der Waals surface area contributed by atoms with E-state index in [-0.39, 0.29) is 24.0 Å². The van der Waals surface area contributed by atoms with Gasteiger partial charge < -0.3 is 16.0 Å². The highest BCUT2D eigenvalue weighted by atomic mass is 127. The topological polar surface area (TPSA) is 56.9 Å². The van der Waals surface area contributed by atoms with Crippen molar-refractivity contribution in [2.45, 2.75) is 26.8 Å². The Morgan fingerprint density at radius 1 is 1.22 bits per heavy atom. The van der Waals surface area contributed by atoms with Crippen LogP contribution in [0.1, 0.15) is 19.4 Å². The average molecular weight is 431 g/mol. The molecule has 1 atom stereocenters. The van der Waals surface area contributed by atoms with Crippen LogP contribution in [0, 0.1) is 6.92 Å².